The smallest absolute Gasteiger partial charge is 0.121 e. The lowest BCUT2D eigenvalue weighted by Gasteiger charge is -2.28. The van der Waals surface area contributed by atoms with Gasteiger partial charge in [-0.3, -0.25) is 0 Å². The standard InChI is InChI=1S/C13H17BrO/c1-5-12(13(2,3)4)15-11-8-6-10(14)7-9-11/h5-9,12H,1H2,2-4H3/t12-/m0/s1. The zero-order valence-corrected chi connectivity index (χ0v) is 11.0. The summed E-state index contributed by atoms with van der Waals surface area (Å²) in [5, 5.41) is 0. The van der Waals surface area contributed by atoms with Crippen LogP contribution >= 0.6 is 15.9 Å². The molecule has 15 heavy (non-hydrogen) atoms. The third-order valence-electron chi connectivity index (χ3n) is 2.14. The molecule has 0 unspecified atom stereocenters. The van der Waals surface area contributed by atoms with Crippen molar-refractivity contribution in [1.82, 2.24) is 0 Å². The van der Waals surface area contributed by atoms with Crippen LogP contribution in [0.25, 0.3) is 0 Å². The van der Waals surface area contributed by atoms with E-state index in [4.69, 9.17) is 4.74 Å². The first-order chi connectivity index (χ1) is 6.93. The van der Waals surface area contributed by atoms with Crippen LogP contribution in [0.15, 0.2) is 41.4 Å². The molecule has 1 aromatic rings. The molecule has 0 N–H and O–H groups in total. The van der Waals surface area contributed by atoms with Gasteiger partial charge in [0, 0.05) is 9.89 Å². The van der Waals surface area contributed by atoms with Gasteiger partial charge in [0.15, 0.2) is 0 Å². The molecule has 0 saturated carbocycles. The van der Waals surface area contributed by atoms with E-state index in [1.165, 1.54) is 0 Å². The molecule has 0 radical (unpaired) electrons. The van der Waals surface area contributed by atoms with Crippen LogP contribution < -0.4 is 4.74 Å². The lowest BCUT2D eigenvalue weighted by atomic mass is 9.89. The number of rotatable bonds is 3. The first-order valence-electron chi connectivity index (χ1n) is 4.98. The molecule has 2 heteroatoms. The molecule has 0 heterocycles. The molecule has 0 amide bonds. The van der Waals surface area contributed by atoms with Crippen LogP contribution in [-0.4, -0.2) is 6.10 Å². The summed E-state index contributed by atoms with van der Waals surface area (Å²) in [6.45, 7) is 10.2. The molecule has 82 valence electrons. The van der Waals surface area contributed by atoms with Gasteiger partial charge in [-0.1, -0.05) is 49.4 Å². The first kappa shape index (κ1) is 12.3. The molecule has 0 aromatic heterocycles. The lowest BCUT2D eigenvalue weighted by Crippen LogP contribution is -2.29. The van der Waals surface area contributed by atoms with Crippen LogP contribution in [0.1, 0.15) is 20.8 Å². The summed E-state index contributed by atoms with van der Waals surface area (Å²) in [4.78, 5) is 0. The Bertz CT molecular complexity index is 321. The fourth-order valence-corrected chi connectivity index (χ4v) is 1.50. The van der Waals surface area contributed by atoms with Crippen molar-refractivity contribution >= 4 is 15.9 Å². The molecule has 0 spiro atoms. The van der Waals surface area contributed by atoms with Gasteiger partial charge >= 0.3 is 0 Å². The SMILES string of the molecule is C=C[C@H](Oc1ccc(Br)cc1)C(C)(C)C. The van der Waals surface area contributed by atoms with Gasteiger partial charge < -0.3 is 4.74 Å². The van der Waals surface area contributed by atoms with E-state index in [1.54, 1.807) is 0 Å². The summed E-state index contributed by atoms with van der Waals surface area (Å²) < 4.78 is 6.90. The highest BCUT2D eigenvalue weighted by Crippen LogP contribution is 2.26. The average Bonchev–Trinajstić information content (AvgIpc) is 2.15. The Balaban J connectivity index is 2.76. The Labute approximate surface area is 100 Å². The Morgan fingerprint density at radius 3 is 2.20 bits per heavy atom. The van der Waals surface area contributed by atoms with E-state index in [1.807, 2.05) is 30.3 Å². The number of hydrogen-bond donors (Lipinski definition) is 0. The highest BCUT2D eigenvalue weighted by Gasteiger charge is 2.23. The second-order valence-electron chi connectivity index (χ2n) is 4.59. The van der Waals surface area contributed by atoms with E-state index in [2.05, 4.69) is 43.3 Å². The van der Waals surface area contributed by atoms with Crippen molar-refractivity contribution in [3.05, 3.63) is 41.4 Å². The van der Waals surface area contributed by atoms with Crippen LogP contribution in [0, 0.1) is 5.41 Å². The summed E-state index contributed by atoms with van der Waals surface area (Å²) in [5.41, 5.74) is 0.0643. The molecule has 0 aliphatic rings. The van der Waals surface area contributed by atoms with Gasteiger partial charge in [0.25, 0.3) is 0 Å². The summed E-state index contributed by atoms with van der Waals surface area (Å²) >= 11 is 3.39. The van der Waals surface area contributed by atoms with Crippen molar-refractivity contribution in [3.8, 4) is 5.75 Å². The van der Waals surface area contributed by atoms with Crippen molar-refractivity contribution in [2.45, 2.75) is 26.9 Å². The van der Waals surface area contributed by atoms with Crippen molar-refractivity contribution in [1.29, 1.82) is 0 Å². The fraction of sp³-hybridized carbons (Fsp3) is 0.385. The van der Waals surface area contributed by atoms with E-state index < -0.39 is 0 Å². The molecule has 1 aromatic carbocycles. The van der Waals surface area contributed by atoms with Crippen molar-refractivity contribution in [2.24, 2.45) is 5.41 Å². The Kier molecular flexibility index (Phi) is 3.97. The summed E-state index contributed by atoms with van der Waals surface area (Å²) in [7, 11) is 0. The molecule has 0 bridgehead atoms. The molecule has 0 fully saturated rings. The minimum atomic E-state index is 0.0266. The topological polar surface area (TPSA) is 9.23 Å². The molecule has 0 saturated heterocycles. The monoisotopic (exact) mass is 268 g/mol. The third kappa shape index (κ3) is 3.71. The molecule has 0 aliphatic carbocycles. The zero-order chi connectivity index (χ0) is 11.5. The van der Waals surface area contributed by atoms with Crippen LogP contribution in [-0.2, 0) is 0 Å². The Morgan fingerprint density at radius 2 is 1.80 bits per heavy atom. The Morgan fingerprint density at radius 1 is 1.27 bits per heavy atom. The maximum absolute atomic E-state index is 5.84. The maximum atomic E-state index is 5.84. The first-order valence-corrected chi connectivity index (χ1v) is 5.77. The van der Waals surface area contributed by atoms with Gasteiger partial charge in [-0.2, -0.15) is 0 Å². The van der Waals surface area contributed by atoms with Gasteiger partial charge in [-0.25, -0.2) is 0 Å². The van der Waals surface area contributed by atoms with Crippen molar-refractivity contribution in [3.63, 3.8) is 0 Å². The molecule has 1 nitrogen and oxygen atoms in total. The highest BCUT2D eigenvalue weighted by atomic mass is 79.9. The van der Waals surface area contributed by atoms with Gasteiger partial charge in [-0.15, -0.1) is 0 Å². The van der Waals surface area contributed by atoms with Gasteiger partial charge in [-0.05, 0) is 24.3 Å². The second-order valence-corrected chi connectivity index (χ2v) is 5.51. The number of halogens is 1. The van der Waals surface area contributed by atoms with Gasteiger partial charge in [0.2, 0.25) is 0 Å². The van der Waals surface area contributed by atoms with E-state index in [9.17, 15) is 0 Å². The van der Waals surface area contributed by atoms with E-state index >= 15 is 0 Å². The van der Waals surface area contributed by atoms with Gasteiger partial charge in [0.05, 0.1) is 0 Å². The molecular formula is C13H17BrO. The van der Waals surface area contributed by atoms with Crippen LogP contribution in [0.5, 0.6) is 5.75 Å². The van der Waals surface area contributed by atoms with Crippen molar-refractivity contribution < 1.29 is 4.74 Å². The summed E-state index contributed by atoms with van der Waals surface area (Å²) in [5.74, 6) is 0.873. The van der Waals surface area contributed by atoms with E-state index in [-0.39, 0.29) is 11.5 Å². The van der Waals surface area contributed by atoms with Crippen LogP contribution in [0.2, 0.25) is 0 Å². The minimum Gasteiger partial charge on any atom is -0.486 e. The minimum absolute atomic E-state index is 0.0266. The molecule has 1 rings (SSSR count). The molecule has 1 atom stereocenters. The third-order valence-corrected chi connectivity index (χ3v) is 2.67. The second kappa shape index (κ2) is 4.84. The Hall–Kier alpha value is -0.760. The predicted octanol–water partition coefficient (Wildman–Crippen LogP) is 4.43. The molecule has 0 aliphatic heterocycles. The predicted molar refractivity (Wildman–Crippen MR) is 68.2 cm³/mol. The van der Waals surface area contributed by atoms with E-state index in [0.717, 1.165) is 10.2 Å². The summed E-state index contributed by atoms with van der Waals surface area (Å²) in [6.07, 6.45) is 1.88. The highest BCUT2D eigenvalue weighted by molar-refractivity contribution is 9.10. The fourth-order valence-electron chi connectivity index (χ4n) is 1.24. The van der Waals surface area contributed by atoms with Crippen LogP contribution in [0.3, 0.4) is 0 Å². The van der Waals surface area contributed by atoms with Gasteiger partial charge in [0.1, 0.15) is 11.9 Å². The normalized spacial score (nSPS) is 13.3. The maximum Gasteiger partial charge on any atom is 0.121 e. The molecular weight excluding hydrogens is 252 g/mol. The number of hydrogen-bond acceptors (Lipinski definition) is 1. The summed E-state index contributed by atoms with van der Waals surface area (Å²) in [6, 6.07) is 7.84. The quantitative estimate of drug-likeness (QED) is 0.737. The number of ether oxygens (including phenoxy) is 1. The zero-order valence-electron chi connectivity index (χ0n) is 9.46. The van der Waals surface area contributed by atoms with Crippen molar-refractivity contribution in [2.75, 3.05) is 0 Å². The lowest BCUT2D eigenvalue weighted by molar-refractivity contribution is 0.129. The van der Waals surface area contributed by atoms with E-state index in [0.29, 0.717) is 0 Å². The number of benzene rings is 1. The van der Waals surface area contributed by atoms with Crippen LogP contribution in [0.4, 0.5) is 0 Å². The largest absolute Gasteiger partial charge is 0.486 e. The average molecular weight is 269 g/mol.